The molecule has 0 atom stereocenters. The summed E-state index contributed by atoms with van der Waals surface area (Å²) in [5, 5.41) is 11.5. The third-order valence-electron chi connectivity index (χ3n) is 9.44. The number of halogens is 3. The number of benzene rings is 2. The Kier molecular flexibility index (Phi) is 9.68. The highest BCUT2D eigenvalue weighted by Crippen LogP contribution is 2.39. The molecule has 1 aliphatic heterocycles. The van der Waals surface area contributed by atoms with Gasteiger partial charge in [0, 0.05) is 30.3 Å². The van der Waals surface area contributed by atoms with Crippen LogP contribution in [0.5, 0.6) is 0 Å². The topological polar surface area (TPSA) is 29.0 Å². The van der Waals surface area contributed by atoms with E-state index < -0.39 is 17.3 Å². The van der Waals surface area contributed by atoms with Crippen LogP contribution in [0.4, 0.5) is 13.2 Å². The first-order valence-electron chi connectivity index (χ1n) is 15.8. The number of aromatic nitrogens is 2. The Hall–Kier alpha value is -2.47. The average molecular weight is 566 g/mol. The van der Waals surface area contributed by atoms with Crippen LogP contribution in [0.2, 0.25) is 0 Å². The van der Waals surface area contributed by atoms with Gasteiger partial charge in [0.15, 0.2) is 0 Å². The zero-order chi connectivity index (χ0) is 29.0. The number of aryl methyl sites for hydroxylation is 2. The number of nitrogens with zero attached hydrogens (tertiary/aromatic N) is 3. The van der Waals surface area contributed by atoms with E-state index in [-0.39, 0.29) is 18.3 Å². The molecule has 1 saturated heterocycles. The van der Waals surface area contributed by atoms with Crippen LogP contribution in [0.25, 0.3) is 10.8 Å². The number of rotatable bonds is 13. The van der Waals surface area contributed by atoms with Gasteiger partial charge in [-0.05, 0) is 80.5 Å². The van der Waals surface area contributed by atoms with E-state index in [0.29, 0.717) is 12.0 Å². The van der Waals surface area contributed by atoms with Crippen LogP contribution in [0.1, 0.15) is 106 Å². The van der Waals surface area contributed by atoms with Crippen LogP contribution in [-0.2, 0) is 18.8 Å². The van der Waals surface area contributed by atoms with Crippen molar-refractivity contribution in [1.29, 1.82) is 0 Å². The monoisotopic (exact) mass is 565 g/mol. The molecule has 0 bridgehead atoms. The van der Waals surface area contributed by atoms with Gasteiger partial charge < -0.3 is 4.90 Å². The molecule has 41 heavy (non-hydrogen) atoms. The minimum atomic E-state index is -3.13. The fraction of sp³-hybridized carbons (Fsp3) is 0.600. The summed E-state index contributed by atoms with van der Waals surface area (Å²) in [4.78, 5) is 2.36. The van der Waals surface area contributed by atoms with Crippen molar-refractivity contribution in [2.45, 2.75) is 103 Å². The molecule has 3 aromatic rings. The van der Waals surface area contributed by atoms with Crippen LogP contribution in [-0.4, -0.2) is 34.7 Å². The lowest BCUT2D eigenvalue weighted by Crippen LogP contribution is -2.47. The molecule has 2 aliphatic rings. The second-order valence-corrected chi connectivity index (χ2v) is 13.0. The van der Waals surface area contributed by atoms with Crippen molar-refractivity contribution in [3.8, 4) is 0 Å². The molecule has 0 unspecified atom stereocenters. The molecule has 0 radical (unpaired) electrons. The van der Waals surface area contributed by atoms with Crippen molar-refractivity contribution >= 4 is 10.8 Å². The second-order valence-electron chi connectivity index (χ2n) is 13.0. The number of alkyl halides is 2. The van der Waals surface area contributed by atoms with E-state index in [1.54, 1.807) is 12.1 Å². The van der Waals surface area contributed by atoms with Crippen molar-refractivity contribution in [3.05, 3.63) is 70.3 Å². The standard InChI is InChI=1S/C35H46F3N3/c1-24(2)29-12-9-13-32(34(29)36)35(37,38)18-17-28-22-41(23-28)19-8-4-5-14-33-30-16-15-27(20-26-10-6-7-11-26)21-31(30)25(3)39-40-33/h9,12-13,15-16,21,24,26,28H,4-8,10-11,14,17-20,22-23H2,1-3H3. The molecule has 0 spiro atoms. The number of unbranched alkanes of at least 4 members (excludes halogenated alkanes) is 2. The van der Waals surface area contributed by atoms with E-state index in [4.69, 9.17) is 0 Å². The van der Waals surface area contributed by atoms with Crippen LogP contribution < -0.4 is 0 Å². The average Bonchev–Trinajstić information content (AvgIpc) is 3.43. The first-order valence-corrected chi connectivity index (χ1v) is 15.8. The fourth-order valence-electron chi connectivity index (χ4n) is 6.89. The lowest BCUT2D eigenvalue weighted by Gasteiger charge is -2.40. The van der Waals surface area contributed by atoms with Gasteiger partial charge in [0.1, 0.15) is 5.82 Å². The lowest BCUT2D eigenvalue weighted by molar-refractivity contribution is -0.0320. The van der Waals surface area contributed by atoms with Crippen molar-refractivity contribution < 1.29 is 13.2 Å². The highest BCUT2D eigenvalue weighted by Gasteiger charge is 2.37. The molecule has 1 aromatic heterocycles. The van der Waals surface area contributed by atoms with Crippen molar-refractivity contribution in [2.24, 2.45) is 11.8 Å². The first-order chi connectivity index (χ1) is 19.7. The van der Waals surface area contributed by atoms with Gasteiger partial charge in [-0.25, -0.2) is 13.2 Å². The first kappa shape index (κ1) is 30.0. The summed E-state index contributed by atoms with van der Waals surface area (Å²) in [5.74, 6) is -2.88. The number of fused-ring (bicyclic) bond motifs is 1. The SMILES string of the molecule is Cc1nnc(CCCCCN2CC(CCC(F)(F)c3cccc(C(C)C)c3F)C2)c2ccc(CC3CCCC3)cc12. The van der Waals surface area contributed by atoms with E-state index in [1.807, 2.05) is 13.8 Å². The van der Waals surface area contributed by atoms with Gasteiger partial charge in [-0.1, -0.05) is 76.3 Å². The van der Waals surface area contributed by atoms with Gasteiger partial charge in [-0.15, -0.1) is 0 Å². The molecule has 1 aliphatic carbocycles. The van der Waals surface area contributed by atoms with Gasteiger partial charge >= 0.3 is 0 Å². The number of likely N-dealkylation sites (tertiary alicyclic amines) is 1. The van der Waals surface area contributed by atoms with Crippen LogP contribution in [0, 0.1) is 24.6 Å². The maximum Gasteiger partial charge on any atom is 0.276 e. The number of hydrogen-bond acceptors (Lipinski definition) is 3. The van der Waals surface area contributed by atoms with Gasteiger partial charge in [0.25, 0.3) is 5.92 Å². The summed E-state index contributed by atoms with van der Waals surface area (Å²) in [6.07, 6.45) is 11.0. The molecule has 1 saturated carbocycles. The minimum Gasteiger partial charge on any atom is -0.303 e. The molecular weight excluding hydrogens is 519 g/mol. The Morgan fingerprint density at radius 2 is 1.73 bits per heavy atom. The van der Waals surface area contributed by atoms with Crippen LogP contribution >= 0.6 is 0 Å². The highest BCUT2D eigenvalue weighted by molar-refractivity contribution is 5.86. The maximum atomic E-state index is 14.9. The maximum absolute atomic E-state index is 14.9. The summed E-state index contributed by atoms with van der Waals surface area (Å²) in [7, 11) is 0. The molecule has 3 nitrogen and oxygen atoms in total. The smallest absolute Gasteiger partial charge is 0.276 e. The van der Waals surface area contributed by atoms with Crippen LogP contribution in [0.15, 0.2) is 36.4 Å². The molecule has 222 valence electrons. The van der Waals surface area contributed by atoms with E-state index in [9.17, 15) is 13.2 Å². The predicted octanol–water partition coefficient (Wildman–Crippen LogP) is 9.15. The molecule has 6 heteroatoms. The summed E-state index contributed by atoms with van der Waals surface area (Å²) in [6.45, 7) is 8.44. The van der Waals surface area contributed by atoms with E-state index in [0.717, 1.165) is 62.6 Å². The fourth-order valence-corrected chi connectivity index (χ4v) is 6.89. The normalized spacial score (nSPS) is 17.1. The van der Waals surface area contributed by atoms with E-state index in [2.05, 4.69) is 40.2 Å². The molecule has 2 fully saturated rings. The van der Waals surface area contributed by atoms with Crippen LogP contribution in [0.3, 0.4) is 0 Å². The summed E-state index contributed by atoms with van der Waals surface area (Å²) >= 11 is 0. The Morgan fingerprint density at radius 1 is 0.951 bits per heavy atom. The van der Waals surface area contributed by atoms with Gasteiger partial charge in [-0.2, -0.15) is 10.2 Å². The highest BCUT2D eigenvalue weighted by atomic mass is 19.3. The van der Waals surface area contributed by atoms with Crippen molar-refractivity contribution in [1.82, 2.24) is 15.1 Å². The van der Waals surface area contributed by atoms with E-state index >= 15 is 0 Å². The zero-order valence-corrected chi connectivity index (χ0v) is 25.1. The lowest BCUT2D eigenvalue weighted by atomic mass is 9.89. The van der Waals surface area contributed by atoms with Gasteiger partial charge in [0.2, 0.25) is 0 Å². The van der Waals surface area contributed by atoms with Gasteiger partial charge in [-0.3, -0.25) is 0 Å². The summed E-state index contributed by atoms with van der Waals surface area (Å²) in [5.41, 5.74) is 3.45. The molecule has 0 amide bonds. The van der Waals surface area contributed by atoms with E-state index in [1.165, 1.54) is 54.5 Å². The molecular formula is C35H46F3N3. The second kappa shape index (κ2) is 13.2. The third kappa shape index (κ3) is 7.31. The zero-order valence-electron chi connectivity index (χ0n) is 25.1. The number of hydrogen-bond donors (Lipinski definition) is 0. The largest absolute Gasteiger partial charge is 0.303 e. The third-order valence-corrected chi connectivity index (χ3v) is 9.44. The Bertz CT molecular complexity index is 1310. The van der Waals surface area contributed by atoms with Crippen molar-refractivity contribution in [3.63, 3.8) is 0 Å². The molecule has 2 heterocycles. The minimum absolute atomic E-state index is 0.116. The summed E-state index contributed by atoms with van der Waals surface area (Å²) < 4.78 is 44.4. The molecule has 2 aromatic carbocycles. The van der Waals surface area contributed by atoms with Gasteiger partial charge in [0.05, 0.1) is 17.0 Å². The Labute approximate surface area is 243 Å². The Balaban J connectivity index is 1.02. The summed E-state index contributed by atoms with van der Waals surface area (Å²) in [6, 6.07) is 11.3. The van der Waals surface area contributed by atoms with Crippen molar-refractivity contribution in [2.75, 3.05) is 19.6 Å². The molecule has 5 rings (SSSR count). The Morgan fingerprint density at radius 3 is 2.49 bits per heavy atom. The predicted molar refractivity (Wildman–Crippen MR) is 161 cm³/mol. The molecule has 0 N–H and O–H groups in total. The quantitative estimate of drug-likeness (QED) is 0.194.